The summed E-state index contributed by atoms with van der Waals surface area (Å²) >= 11 is 0. The van der Waals surface area contributed by atoms with Crippen molar-refractivity contribution < 1.29 is 0 Å². The number of H-pyrrole nitrogens is 1. The monoisotopic (exact) mass is 254 g/mol. The second-order valence-electron chi connectivity index (χ2n) is 4.51. The van der Waals surface area contributed by atoms with E-state index in [0.29, 0.717) is 11.5 Å². The maximum absolute atomic E-state index is 5.69. The molecule has 0 bridgehead atoms. The molecule has 0 spiro atoms. The van der Waals surface area contributed by atoms with Gasteiger partial charge in [0.05, 0.1) is 11.6 Å². The van der Waals surface area contributed by atoms with Crippen LogP contribution in [0.3, 0.4) is 0 Å². The molecule has 0 atom stereocenters. The number of hydrogen-bond acceptors (Lipinski definition) is 5. The molecule has 0 saturated heterocycles. The fourth-order valence-corrected chi connectivity index (χ4v) is 2.03. The van der Waals surface area contributed by atoms with Gasteiger partial charge in [-0.05, 0) is 25.5 Å². The molecule has 2 heterocycles. The average molecular weight is 254 g/mol. The Morgan fingerprint density at radius 3 is 2.84 bits per heavy atom. The van der Waals surface area contributed by atoms with Gasteiger partial charge in [-0.1, -0.05) is 17.7 Å². The number of nitrogens with zero attached hydrogens (tertiary/aromatic N) is 3. The molecule has 0 aliphatic heterocycles. The van der Waals surface area contributed by atoms with Gasteiger partial charge in [-0.2, -0.15) is 15.1 Å². The third kappa shape index (κ3) is 2.08. The Kier molecular flexibility index (Phi) is 2.56. The first kappa shape index (κ1) is 11.5. The van der Waals surface area contributed by atoms with Crippen LogP contribution in [-0.4, -0.2) is 20.2 Å². The Morgan fingerprint density at radius 2 is 2.05 bits per heavy atom. The van der Waals surface area contributed by atoms with Crippen LogP contribution in [-0.2, 0) is 0 Å². The van der Waals surface area contributed by atoms with Crippen molar-refractivity contribution in [2.24, 2.45) is 0 Å². The van der Waals surface area contributed by atoms with Crippen LogP contribution in [0.5, 0.6) is 0 Å². The molecule has 96 valence electrons. The number of fused-ring (bicyclic) bond motifs is 1. The first-order valence-corrected chi connectivity index (χ1v) is 5.94. The molecular formula is C13H14N6. The summed E-state index contributed by atoms with van der Waals surface area (Å²) in [5.41, 5.74) is 9.67. The van der Waals surface area contributed by atoms with Crippen LogP contribution in [0.25, 0.3) is 11.0 Å². The maximum Gasteiger partial charge on any atom is 0.224 e. The van der Waals surface area contributed by atoms with Crippen molar-refractivity contribution in [3.8, 4) is 0 Å². The highest BCUT2D eigenvalue weighted by Gasteiger charge is 2.09. The normalized spacial score (nSPS) is 10.8. The molecule has 19 heavy (non-hydrogen) atoms. The summed E-state index contributed by atoms with van der Waals surface area (Å²) in [6, 6.07) is 6.18. The molecule has 3 rings (SSSR count). The minimum absolute atomic E-state index is 0.212. The van der Waals surface area contributed by atoms with E-state index in [1.165, 1.54) is 5.56 Å². The van der Waals surface area contributed by atoms with Gasteiger partial charge < -0.3 is 11.1 Å². The number of aromatic amines is 1. The topological polar surface area (TPSA) is 92.5 Å². The van der Waals surface area contributed by atoms with Crippen LogP contribution in [0.1, 0.15) is 11.1 Å². The number of rotatable bonds is 2. The fourth-order valence-electron chi connectivity index (χ4n) is 2.03. The Bertz CT molecular complexity index is 746. The van der Waals surface area contributed by atoms with Crippen LogP contribution >= 0.6 is 0 Å². The van der Waals surface area contributed by atoms with Crippen LogP contribution in [0.2, 0.25) is 0 Å². The molecule has 1 aromatic carbocycles. The van der Waals surface area contributed by atoms with Crippen LogP contribution < -0.4 is 11.1 Å². The van der Waals surface area contributed by atoms with Crippen LogP contribution in [0, 0.1) is 13.8 Å². The van der Waals surface area contributed by atoms with E-state index in [1.807, 2.05) is 19.1 Å². The van der Waals surface area contributed by atoms with Crippen molar-refractivity contribution in [1.29, 1.82) is 0 Å². The Balaban J connectivity index is 2.07. The number of hydrogen-bond donors (Lipinski definition) is 3. The van der Waals surface area contributed by atoms with Gasteiger partial charge in [0, 0.05) is 5.69 Å². The second kappa shape index (κ2) is 4.24. The van der Waals surface area contributed by atoms with E-state index in [-0.39, 0.29) is 5.95 Å². The zero-order chi connectivity index (χ0) is 13.4. The molecule has 6 heteroatoms. The SMILES string of the molecule is Cc1ccc(Nc2nc(N)nc3[nH]ncc23)c(C)c1. The quantitative estimate of drug-likeness (QED) is 0.652. The molecule has 0 amide bonds. The molecule has 0 fully saturated rings. The Morgan fingerprint density at radius 1 is 1.21 bits per heavy atom. The summed E-state index contributed by atoms with van der Waals surface area (Å²) in [4.78, 5) is 8.31. The van der Waals surface area contributed by atoms with E-state index in [2.05, 4.69) is 38.5 Å². The zero-order valence-electron chi connectivity index (χ0n) is 10.7. The van der Waals surface area contributed by atoms with Gasteiger partial charge in [0.25, 0.3) is 0 Å². The molecular weight excluding hydrogens is 240 g/mol. The molecule has 0 aliphatic carbocycles. The van der Waals surface area contributed by atoms with Crippen molar-refractivity contribution in [2.75, 3.05) is 11.1 Å². The third-order valence-electron chi connectivity index (χ3n) is 2.96. The number of aryl methyl sites for hydroxylation is 2. The highest BCUT2D eigenvalue weighted by atomic mass is 15.2. The zero-order valence-corrected chi connectivity index (χ0v) is 10.7. The number of nitrogen functional groups attached to an aromatic ring is 1. The first-order valence-electron chi connectivity index (χ1n) is 5.94. The summed E-state index contributed by atoms with van der Waals surface area (Å²) in [6.45, 7) is 4.11. The fraction of sp³-hybridized carbons (Fsp3) is 0.154. The minimum atomic E-state index is 0.212. The van der Waals surface area contributed by atoms with Gasteiger partial charge in [0.15, 0.2) is 5.65 Å². The van der Waals surface area contributed by atoms with Crippen molar-refractivity contribution in [3.05, 3.63) is 35.5 Å². The van der Waals surface area contributed by atoms with Crippen LogP contribution in [0.4, 0.5) is 17.5 Å². The highest BCUT2D eigenvalue weighted by molar-refractivity contribution is 5.89. The summed E-state index contributed by atoms with van der Waals surface area (Å²) < 4.78 is 0. The number of nitrogens with two attached hydrogens (primary N) is 1. The lowest BCUT2D eigenvalue weighted by atomic mass is 10.1. The average Bonchev–Trinajstić information content (AvgIpc) is 2.80. The lowest BCUT2D eigenvalue weighted by molar-refractivity contribution is 1.09. The first-order chi connectivity index (χ1) is 9.13. The number of nitrogens with one attached hydrogen (secondary N) is 2. The number of aromatic nitrogens is 4. The van der Waals surface area contributed by atoms with Gasteiger partial charge in [-0.25, -0.2) is 0 Å². The van der Waals surface area contributed by atoms with Gasteiger partial charge in [0.2, 0.25) is 5.95 Å². The van der Waals surface area contributed by atoms with Crippen molar-refractivity contribution >= 4 is 28.5 Å². The van der Waals surface area contributed by atoms with E-state index < -0.39 is 0 Å². The molecule has 0 radical (unpaired) electrons. The summed E-state index contributed by atoms with van der Waals surface area (Å²) in [5.74, 6) is 0.868. The predicted octanol–water partition coefficient (Wildman–Crippen LogP) is 2.30. The summed E-state index contributed by atoms with van der Waals surface area (Å²) in [6.07, 6.45) is 1.68. The lowest BCUT2D eigenvalue weighted by Crippen LogP contribution is -2.01. The minimum Gasteiger partial charge on any atom is -0.368 e. The molecule has 0 saturated carbocycles. The summed E-state index contributed by atoms with van der Waals surface area (Å²) in [5, 5.41) is 10.8. The van der Waals surface area contributed by atoms with E-state index in [1.54, 1.807) is 6.20 Å². The van der Waals surface area contributed by atoms with Crippen molar-refractivity contribution in [1.82, 2.24) is 20.2 Å². The van der Waals surface area contributed by atoms with E-state index in [9.17, 15) is 0 Å². The molecule has 0 unspecified atom stereocenters. The van der Waals surface area contributed by atoms with E-state index in [4.69, 9.17) is 5.73 Å². The molecule has 0 aliphatic rings. The predicted molar refractivity (Wildman–Crippen MR) is 75.3 cm³/mol. The van der Waals surface area contributed by atoms with Gasteiger partial charge in [-0.15, -0.1) is 0 Å². The Labute approximate surface area is 110 Å². The third-order valence-corrected chi connectivity index (χ3v) is 2.96. The highest BCUT2D eigenvalue weighted by Crippen LogP contribution is 2.25. The molecule has 6 nitrogen and oxygen atoms in total. The van der Waals surface area contributed by atoms with Gasteiger partial charge >= 0.3 is 0 Å². The summed E-state index contributed by atoms with van der Waals surface area (Å²) in [7, 11) is 0. The molecule has 3 aromatic rings. The van der Waals surface area contributed by atoms with Gasteiger partial charge in [-0.3, -0.25) is 5.10 Å². The smallest absolute Gasteiger partial charge is 0.224 e. The Hall–Kier alpha value is -2.63. The largest absolute Gasteiger partial charge is 0.368 e. The number of anilines is 3. The van der Waals surface area contributed by atoms with Gasteiger partial charge in [0.1, 0.15) is 5.82 Å². The molecule has 2 aromatic heterocycles. The van der Waals surface area contributed by atoms with Crippen molar-refractivity contribution in [3.63, 3.8) is 0 Å². The van der Waals surface area contributed by atoms with Crippen LogP contribution in [0.15, 0.2) is 24.4 Å². The molecule has 4 N–H and O–H groups in total. The number of benzene rings is 1. The lowest BCUT2D eigenvalue weighted by Gasteiger charge is -2.10. The van der Waals surface area contributed by atoms with E-state index in [0.717, 1.165) is 16.6 Å². The second-order valence-corrected chi connectivity index (χ2v) is 4.51. The standard InChI is InChI=1S/C13H14N6/c1-7-3-4-10(8(2)5-7)16-11-9-6-15-19-12(9)18-13(14)17-11/h3-6H,1-2H3,(H4,14,15,16,17,18,19). The van der Waals surface area contributed by atoms with Crippen molar-refractivity contribution in [2.45, 2.75) is 13.8 Å². The van der Waals surface area contributed by atoms with E-state index >= 15 is 0 Å². The maximum atomic E-state index is 5.69.